The quantitative estimate of drug-likeness (QED) is 0.934. The number of rotatable bonds is 4. The lowest BCUT2D eigenvalue weighted by atomic mass is 10.0. The van der Waals surface area contributed by atoms with Gasteiger partial charge in [0.2, 0.25) is 0 Å². The van der Waals surface area contributed by atoms with E-state index in [1.807, 2.05) is 6.92 Å². The second-order valence-electron chi connectivity index (χ2n) is 6.39. The van der Waals surface area contributed by atoms with Crippen molar-refractivity contribution >= 4 is 17.5 Å². The minimum absolute atomic E-state index is 0.0731. The van der Waals surface area contributed by atoms with Crippen LogP contribution in [0.3, 0.4) is 0 Å². The number of nitrogens with two attached hydrogens (primary N) is 1. The highest BCUT2D eigenvalue weighted by Gasteiger charge is 2.34. The molecule has 5 nitrogen and oxygen atoms in total. The van der Waals surface area contributed by atoms with Gasteiger partial charge in [0, 0.05) is 0 Å². The van der Waals surface area contributed by atoms with Crippen LogP contribution in [0.25, 0.3) is 0 Å². The van der Waals surface area contributed by atoms with Gasteiger partial charge in [0.15, 0.2) is 17.7 Å². The van der Waals surface area contributed by atoms with E-state index in [0.29, 0.717) is 36.3 Å². The van der Waals surface area contributed by atoms with Gasteiger partial charge in [-0.1, -0.05) is 45.0 Å². The van der Waals surface area contributed by atoms with E-state index in [9.17, 15) is 4.79 Å². The smallest absolute Gasteiger partial charge is 0.269 e. The van der Waals surface area contributed by atoms with Crippen molar-refractivity contribution in [2.45, 2.75) is 45.8 Å². The van der Waals surface area contributed by atoms with Crippen LogP contribution >= 0.6 is 0 Å². The zero-order valence-corrected chi connectivity index (χ0v) is 14.3. The van der Waals surface area contributed by atoms with Crippen LogP contribution in [-0.4, -0.2) is 17.0 Å². The van der Waals surface area contributed by atoms with Gasteiger partial charge in [0.05, 0.1) is 6.54 Å². The molecule has 1 aliphatic heterocycles. The fraction of sp³-hybridized carbons (Fsp3) is 0.368. The first kappa shape index (κ1) is 16.3. The van der Waals surface area contributed by atoms with Crippen molar-refractivity contribution in [2.75, 3.05) is 10.6 Å². The molecule has 1 aromatic carbocycles. The summed E-state index contributed by atoms with van der Waals surface area (Å²) in [5.41, 5.74) is 8.13. The van der Waals surface area contributed by atoms with E-state index in [1.54, 1.807) is 17.0 Å². The first-order chi connectivity index (χ1) is 11.5. The summed E-state index contributed by atoms with van der Waals surface area (Å²) in [4.78, 5) is 18.7. The molecule has 1 aromatic heterocycles. The third-order valence-electron chi connectivity index (χ3n) is 4.29. The van der Waals surface area contributed by atoms with Gasteiger partial charge in [-0.15, -0.1) is 0 Å². The van der Waals surface area contributed by atoms with Crippen molar-refractivity contribution in [1.29, 1.82) is 0 Å². The Kier molecular flexibility index (Phi) is 4.42. The number of hydrogen-bond donors (Lipinski definition) is 1. The van der Waals surface area contributed by atoms with Gasteiger partial charge in [-0.3, -0.25) is 9.69 Å². The molecular weight excluding hydrogens is 302 g/mol. The monoisotopic (exact) mass is 325 g/mol. The van der Waals surface area contributed by atoms with Gasteiger partial charge >= 0.3 is 0 Å². The van der Waals surface area contributed by atoms with Gasteiger partial charge in [-0.2, -0.15) is 0 Å². The lowest BCUT2D eigenvalue weighted by Crippen LogP contribution is -2.45. The lowest BCUT2D eigenvalue weighted by molar-refractivity contribution is -0.126. The Morgan fingerprint density at radius 1 is 1.21 bits per heavy atom. The van der Waals surface area contributed by atoms with E-state index in [4.69, 9.17) is 10.5 Å². The standard InChI is InChI=1S/C19H23N3O2/c1-4-15-19(23)22(18-16(24-15)9-10-17(20)21-18)11-13-5-7-14(8-6-13)12(2)3/h5-10,12,15H,4,11H2,1-3H3,(H2,20,21). The topological polar surface area (TPSA) is 68.5 Å². The molecule has 1 aliphatic rings. The molecular formula is C19H23N3O2. The highest BCUT2D eigenvalue weighted by atomic mass is 16.5. The molecule has 1 amide bonds. The minimum Gasteiger partial charge on any atom is -0.477 e. The molecule has 2 N–H and O–H groups in total. The number of carbonyl (C=O) groups is 1. The maximum Gasteiger partial charge on any atom is 0.269 e. The predicted molar refractivity (Wildman–Crippen MR) is 95.1 cm³/mol. The number of pyridine rings is 1. The van der Waals surface area contributed by atoms with Crippen LogP contribution in [-0.2, 0) is 11.3 Å². The Bertz CT molecular complexity index is 741. The molecule has 126 valence electrons. The van der Waals surface area contributed by atoms with Gasteiger partial charge in [0.1, 0.15) is 5.82 Å². The summed E-state index contributed by atoms with van der Waals surface area (Å²) in [6.07, 6.45) is 0.142. The Hall–Kier alpha value is -2.56. The SMILES string of the molecule is CCC1Oc2ccc(N)nc2N(Cc2ccc(C(C)C)cc2)C1=O. The fourth-order valence-electron chi connectivity index (χ4n) is 2.82. The summed E-state index contributed by atoms with van der Waals surface area (Å²) in [5, 5.41) is 0. The number of nitrogen functional groups attached to an aromatic ring is 1. The molecule has 2 heterocycles. The molecule has 1 atom stereocenters. The molecule has 2 aromatic rings. The van der Waals surface area contributed by atoms with E-state index in [1.165, 1.54) is 5.56 Å². The van der Waals surface area contributed by atoms with Gasteiger partial charge in [-0.25, -0.2) is 4.98 Å². The molecule has 0 fully saturated rings. The third kappa shape index (κ3) is 3.07. The van der Waals surface area contributed by atoms with Crippen LogP contribution in [0.4, 0.5) is 11.6 Å². The van der Waals surface area contributed by atoms with Crippen molar-refractivity contribution in [3.8, 4) is 5.75 Å². The fourth-order valence-corrected chi connectivity index (χ4v) is 2.82. The Morgan fingerprint density at radius 2 is 1.92 bits per heavy atom. The van der Waals surface area contributed by atoms with Crippen LogP contribution in [0.1, 0.15) is 44.2 Å². The van der Waals surface area contributed by atoms with Crippen molar-refractivity contribution in [3.05, 3.63) is 47.5 Å². The number of amides is 1. The molecule has 0 spiro atoms. The highest BCUT2D eigenvalue weighted by molar-refractivity contribution is 5.99. The van der Waals surface area contributed by atoms with E-state index >= 15 is 0 Å². The average Bonchev–Trinajstić information content (AvgIpc) is 2.58. The molecule has 0 saturated heterocycles. The van der Waals surface area contributed by atoms with E-state index in [2.05, 4.69) is 43.1 Å². The second-order valence-corrected chi connectivity index (χ2v) is 6.39. The molecule has 24 heavy (non-hydrogen) atoms. The summed E-state index contributed by atoms with van der Waals surface area (Å²) < 4.78 is 5.76. The zero-order valence-electron chi connectivity index (χ0n) is 14.3. The first-order valence-corrected chi connectivity index (χ1v) is 8.33. The van der Waals surface area contributed by atoms with E-state index in [0.717, 1.165) is 5.56 Å². The molecule has 3 rings (SSSR count). The number of fused-ring (bicyclic) bond motifs is 1. The predicted octanol–water partition coefficient (Wildman–Crippen LogP) is 3.49. The van der Waals surface area contributed by atoms with Crippen molar-refractivity contribution in [2.24, 2.45) is 0 Å². The van der Waals surface area contributed by atoms with Crippen molar-refractivity contribution in [3.63, 3.8) is 0 Å². The maximum atomic E-state index is 12.7. The van der Waals surface area contributed by atoms with E-state index < -0.39 is 6.10 Å². The van der Waals surface area contributed by atoms with Crippen LogP contribution in [0.5, 0.6) is 5.75 Å². The Labute approximate surface area is 142 Å². The second kappa shape index (κ2) is 6.51. The van der Waals surface area contributed by atoms with Crippen molar-refractivity contribution < 1.29 is 9.53 Å². The van der Waals surface area contributed by atoms with Gasteiger partial charge in [0.25, 0.3) is 5.91 Å². The summed E-state index contributed by atoms with van der Waals surface area (Å²) in [7, 11) is 0. The average molecular weight is 325 g/mol. The maximum absolute atomic E-state index is 12.7. The zero-order chi connectivity index (χ0) is 17.3. The number of anilines is 2. The molecule has 0 aliphatic carbocycles. The van der Waals surface area contributed by atoms with Gasteiger partial charge in [-0.05, 0) is 35.6 Å². The molecule has 5 heteroatoms. The number of aromatic nitrogens is 1. The minimum atomic E-state index is -0.474. The number of ether oxygens (including phenoxy) is 1. The van der Waals surface area contributed by atoms with Crippen molar-refractivity contribution in [1.82, 2.24) is 4.98 Å². The number of benzene rings is 1. The third-order valence-corrected chi connectivity index (χ3v) is 4.29. The summed E-state index contributed by atoms with van der Waals surface area (Å²) in [6.45, 7) is 6.72. The van der Waals surface area contributed by atoms with Crippen LogP contribution < -0.4 is 15.4 Å². The largest absolute Gasteiger partial charge is 0.477 e. The summed E-state index contributed by atoms with van der Waals surface area (Å²) >= 11 is 0. The van der Waals surface area contributed by atoms with Crippen LogP contribution in [0, 0.1) is 0 Å². The molecule has 0 radical (unpaired) electrons. The van der Waals surface area contributed by atoms with E-state index in [-0.39, 0.29) is 5.91 Å². The highest BCUT2D eigenvalue weighted by Crippen LogP contribution is 2.34. The Balaban J connectivity index is 1.93. The summed E-state index contributed by atoms with van der Waals surface area (Å²) in [5.74, 6) is 1.89. The van der Waals surface area contributed by atoms with Crippen LogP contribution in [0.2, 0.25) is 0 Å². The van der Waals surface area contributed by atoms with Gasteiger partial charge < -0.3 is 10.5 Å². The molecule has 0 bridgehead atoms. The number of hydrogen-bond acceptors (Lipinski definition) is 4. The lowest BCUT2D eigenvalue weighted by Gasteiger charge is -2.33. The Morgan fingerprint density at radius 3 is 2.54 bits per heavy atom. The summed E-state index contributed by atoms with van der Waals surface area (Å²) in [6, 6.07) is 11.8. The van der Waals surface area contributed by atoms with Crippen LogP contribution in [0.15, 0.2) is 36.4 Å². The number of nitrogens with zero attached hydrogens (tertiary/aromatic N) is 2. The number of carbonyl (C=O) groups excluding carboxylic acids is 1. The molecule has 0 saturated carbocycles. The first-order valence-electron chi connectivity index (χ1n) is 8.33. The molecule has 1 unspecified atom stereocenters. The normalized spacial score (nSPS) is 16.9.